The molecular formula is C27H28FN7O2. The van der Waals surface area contributed by atoms with E-state index in [9.17, 15) is 4.79 Å². The number of nitrogens with one attached hydrogen (secondary N) is 2. The molecule has 190 valence electrons. The lowest BCUT2D eigenvalue weighted by molar-refractivity contribution is 0.112. The van der Waals surface area contributed by atoms with Crippen LogP contribution in [-0.4, -0.2) is 45.5 Å². The van der Waals surface area contributed by atoms with Gasteiger partial charge in [-0.2, -0.15) is 10.2 Å². The van der Waals surface area contributed by atoms with Crippen LogP contribution in [0.1, 0.15) is 53.9 Å². The lowest BCUT2D eigenvalue weighted by atomic mass is 9.76. The summed E-state index contributed by atoms with van der Waals surface area (Å²) in [6.45, 7) is 1.58. The van der Waals surface area contributed by atoms with Crippen molar-refractivity contribution < 1.29 is 18.0 Å². The number of anilines is 1. The molecule has 4 N–H and O–H groups in total. The Morgan fingerprint density at radius 1 is 1.30 bits per heavy atom. The maximum Gasteiger partial charge on any atom is 0.152 e. The minimum Gasteiger partial charge on any atom is -0.487 e. The molecule has 1 saturated carbocycles. The molecule has 0 saturated heterocycles. The van der Waals surface area contributed by atoms with Crippen LogP contribution < -0.4 is 21.2 Å². The number of rotatable bonds is 4. The number of nitrogens with two attached hydrogens (primary N) is 1. The Kier molecular flexibility index (Phi) is 4.34. The van der Waals surface area contributed by atoms with Crippen molar-refractivity contribution in [1.29, 1.82) is 0 Å². The van der Waals surface area contributed by atoms with Crippen molar-refractivity contribution in [2.75, 3.05) is 18.8 Å². The molecule has 0 atom stereocenters. The average Bonchev–Trinajstić information content (AvgIpc) is 3.49. The van der Waals surface area contributed by atoms with Gasteiger partial charge in [-0.25, -0.2) is 14.2 Å². The molecule has 1 aromatic carbocycles. The van der Waals surface area contributed by atoms with Crippen molar-refractivity contribution >= 4 is 23.2 Å². The van der Waals surface area contributed by atoms with Gasteiger partial charge in [-0.1, -0.05) is 13.8 Å². The van der Waals surface area contributed by atoms with Gasteiger partial charge in [0.1, 0.15) is 23.0 Å². The van der Waals surface area contributed by atoms with Gasteiger partial charge in [-0.05, 0) is 42.9 Å². The van der Waals surface area contributed by atoms with Crippen molar-refractivity contribution in [1.82, 2.24) is 20.2 Å². The standard InChI is InChI=1S/C27H28FN7O2/c1-26(2)13-27(5-6-27)37-22-8-14(18(28)9-17(22)26)24-16(11-31-35(24)4)19-7-15-20(10-29)33-34-21(12-36)23(15)25(30-3)32-19/h7-9,11,34H,5-6,10,13,29H2,1-4H3,(H,30,32)/i3D3. The zero-order valence-electron chi connectivity index (χ0n) is 23.7. The number of aryl methyl sites for hydroxylation is 1. The van der Waals surface area contributed by atoms with Crippen LogP contribution >= 0.6 is 0 Å². The number of halogens is 1. The van der Waals surface area contributed by atoms with Crippen molar-refractivity contribution in [2.45, 2.75) is 44.1 Å². The summed E-state index contributed by atoms with van der Waals surface area (Å²) >= 11 is 0. The van der Waals surface area contributed by atoms with Crippen molar-refractivity contribution in [3.8, 4) is 28.3 Å². The van der Waals surface area contributed by atoms with Gasteiger partial charge in [0.25, 0.3) is 0 Å². The van der Waals surface area contributed by atoms with Gasteiger partial charge in [0.05, 0.1) is 28.9 Å². The van der Waals surface area contributed by atoms with Crippen LogP contribution in [-0.2, 0) is 17.3 Å². The number of hydrogen-bond acceptors (Lipinski definition) is 8. The number of aromatic nitrogens is 3. The summed E-state index contributed by atoms with van der Waals surface area (Å²) in [6, 6.07) is 4.89. The number of ether oxygens (including phenoxy) is 1. The molecule has 0 radical (unpaired) electrons. The van der Waals surface area contributed by atoms with E-state index in [1.807, 2.05) is 0 Å². The van der Waals surface area contributed by atoms with Gasteiger partial charge >= 0.3 is 0 Å². The Morgan fingerprint density at radius 3 is 2.81 bits per heavy atom. The smallest absolute Gasteiger partial charge is 0.152 e. The van der Waals surface area contributed by atoms with E-state index < -0.39 is 12.8 Å². The van der Waals surface area contributed by atoms with Gasteiger partial charge in [0, 0.05) is 46.9 Å². The Balaban J connectivity index is 1.55. The Morgan fingerprint density at radius 2 is 2.11 bits per heavy atom. The summed E-state index contributed by atoms with van der Waals surface area (Å²) in [7, 11) is 1.69. The monoisotopic (exact) mass is 504 g/mol. The predicted molar refractivity (Wildman–Crippen MR) is 139 cm³/mol. The molecule has 0 amide bonds. The molecule has 0 unspecified atom stereocenters. The Labute approximate surface area is 217 Å². The van der Waals surface area contributed by atoms with Crippen LogP contribution in [0.15, 0.2) is 29.5 Å². The van der Waals surface area contributed by atoms with Gasteiger partial charge in [0.15, 0.2) is 11.6 Å². The number of pyridine rings is 1. The second-order valence-corrected chi connectivity index (χ2v) is 10.5. The summed E-state index contributed by atoms with van der Waals surface area (Å²) in [5.41, 5.74) is 11.2. The van der Waals surface area contributed by atoms with Crippen LogP contribution in [0, 0.1) is 5.82 Å². The molecule has 3 aromatic rings. The second-order valence-electron chi connectivity index (χ2n) is 10.5. The van der Waals surface area contributed by atoms with Gasteiger partial charge in [0.2, 0.25) is 0 Å². The highest BCUT2D eigenvalue weighted by Crippen LogP contribution is 2.55. The summed E-state index contributed by atoms with van der Waals surface area (Å²) in [4.78, 5) is 16.3. The number of nitrogens with zero attached hydrogens (tertiary/aromatic N) is 4. The Bertz CT molecular complexity index is 1650. The molecule has 1 fully saturated rings. The molecule has 1 aliphatic carbocycles. The molecule has 9 nitrogen and oxygen atoms in total. The minimum atomic E-state index is -2.63. The van der Waals surface area contributed by atoms with Crippen LogP contribution in [0.2, 0.25) is 0 Å². The summed E-state index contributed by atoms with van der Waals surface area (Å²) < 4.78 is 47.1. The van der Waals surface area contributed by atoms with E-state index in [-0.39, 0.29) is 40.2 Å². The number of fused-ring (bicyclic) bond motifs is 2. The normalized spacial score (nSPS) is 19.8. The largest absolute Gasteiger partial charge is 0.487 e. The third-order valence-corrected chi connectivity index (χ3v) is 7.46. The third-order valence-electron chi connectivity index (χ3n) is 7.46. The maximum atomic E-state index is 15.9. The molecule has 3 aliphatic rings. The molecule has 4 heterocycles. The lowest BCUT2D eigenvalue weighted by Crippen LogP contribution is -2.36. The van der Waals surface area contributed by atoms with Gasteiger partial charge < -0.3 is 15.8 Å². The predicted octanol–water partition coefficient (Wildman–Crippen LogP) is 3.36. The highest BCUT2D eigenvalue weighted by Gasteiger charge is 2.53. The number of hydrogen-bond donors (Lipinski definition) is 3. The third kappa shape index (κ3) is 3.55. The highest BCUT2D eigenvalue weighted by atomic mass is 19.1. The van der Waals surface area contributed by atoms with Crippen LogP contribution in [0.25, 0.3) is 28.2 Å². The zero-order chi connectivity index (χ0) is 28.6. The number of hydrazone groups is 1. The molecule has 10 heteroatoms. The summed E-state index contributed by atoms with van der Waals surface area (Å²) in [6.07, 6.45) is 4.30. The molecule has 2 aromatic heterocycles. The van der Waals surface area contributed by atoms with E-state index >= 15 is 4.39 Å². The fourth-order valence-electron chi connectivity index (χ4n) is 5.60. The quantitative estimate of drug-likeness (QED) is 0.466. The van der Waals surface area contributed by atoms with E-state index in [1.165, 1.54) is 16.9 Å². The van der Waals surface area contributed by atoms with E-state index in [1.54, 1.807) is 25.1 Å². The molecule has 6 rings (SSSR count). The average molecular weight is 505 g/mol. The van der Waals surface area contributed by atoms with Crippen molar-refractivity contribution in [2.24, 2.45) is 17.9 Å². The highest BCUT2D eigenvalue weighted by molar-refractivity contribution is 6.12. The lowest BCUT2D eigenvalue weighted by Gasteiger charge is -2.38. The van der Waals surface area contributed by atoms with E-state index in [0.29, 0.717) is 34.0 Å². The zero-order valence-corrected chi connectivity index (χ0v) is 20.7. The van der Waals surface area contributed by atoms with E-state index in [2.05, 4.69) is 39.8 Å². The fraction of sp³-hybridized carbons (Fsp3) is 0.370. The topological polar surface area (TPSA) is 119 Å². The van der Waals surface area contributed by atoms with E-state index in [0.717, 1.165) is 24.8 Å². The molecule has 2 aliphatic heterocycles. The molecular weight excluding hydrogens is 473 g/mol. The summed E-state index contributed by atoms with van der Waals surface area (Å²) in [5.74, 6) is 1.86. The molecule has 1 spiro atoms. The van der Waals surface area contributed by atoms with Gasteiger partial charge in [-0.3, -0.25) is 10.1 Å². The molecule has 37 heavy (non-hydrogen) atoms. The maximum absolute atomic E-state index is 15.9. The first kappa shape index (κ1) is 20.1. The second kappa shape index (κ2) is 7.99. The first-order valence-electron chi connectivity index (χ1n) is 13.5. The van der Waals surface area contributed by atoms with Crippen molar-refractivity contribution in [3.05, 3.63) is 46.9 Å². The van der Waals surface area contributed by atoms with E-state index in [4.69, 9.17) is 14.6 Å². The minimum absolute atomic E-state index is 0.00296. The van der Waals surface area contributed by atoms with Gasteiger partial charge in [-0.15, -0.1) is 0 Å². The van der Waals surface area contributed by atoms with Crippen LogP contribution in [0.3, 0.4) is 0 Å². The van der Waals surface area contributed by atoms with Crippen LogP contribution in [0.5, 0.6) is 5.75 Å². The van der Waals surface area contributed by atoms with Crippen LogP contribution in [0.4, 0.5) is 10.2 Å². The summed E-state index contributed by atoms with van der Waals surface area (Å²) in [5, 5.41) is 10.9. The number of benzene rings is 1. The fourth-order valence-corrected chi connectivity index (χ4v) is 5.60. The molecule has 0 bridgehead atoms. The number of carbonyl (C=O) groups excluding carboxylic acids is 1. The first-order valence-corrected chi connectivity index (χ1v) is 12.0. The Hall–Kier alpha value is -4.01. The first-order chi connectivity index (χ1) is 18.8. The van der Waals surface area contributed by atoms with Crippen molar-refractivity contribution in [3.63, 3.8) is 0 Å². The SMILES string of the molecule is [2H]C([2H])([2H])Nc1nc(-c2cnn(C)c2-c2cc3c(cc2F)C(C)(C)CC2(CC2)O3)cc2c1C(=C=O)NN=C2CN.